The largest absolute Gasteiger partial charge is 0.385 e. The Hall–Kier alpha value is -2.82. The van der Waals surface area contributed by atoms with Crippen molar-refractivity contribution in [2.45, 2.75) is 64.0 Å². The summed E-state index contributed by atoms with van der Waals surface area (Å²) in [6, 6.07) is 6.93. The highest BCUT2D eigenvalue weighted by Crippen LogP contribution is 2.44. The van der Waals surface area contributed by atoms with Crippen LogP contribution in [0.4, 0.5) is 11.4 Å². The number of hydrogen-bond acceptors (Lipinski definition) is 3. The van der Waals surface area contributed by atoms with Crippen LogP contribution in [0.15, 0.2) is 48.2 Å². The van der Waals surface area contributed by atoms with E-state index in [1.54, 1.807) is 0 Å². The minimum absolute atomic E-state index is 0.00237. The van der Waals surface area contributed by atoms with Crippen LogP contribution in [-0.2, 0) is 9.59 Å². The number of rotatable bonds is 5. The summed E-state index contributed by atoms with van der Waals surface area (Å²) < 4.78 is 0. The molecule has 0 radical (unpaired) electrons. The fourth-order valence-corrected chi connectivity index (χ4v) is 4.92. The number of allylic oxidation sites excluding steroid dienone is 5. The van der Waals surface area contributed by atoms with Crippen LogP contribution in [0, 0.1) is 11.8 Å². The smallest absolute Gasteiger partial charge is 0.230 e. The molecule has 0 bridgehead atoms. The molecule has 6 rings (SSSR count). The molecule has 0 spiro atoms. The van der Waals surface area contributed by atoms with E-state index in [2.05, 4.69) is 54.7 Å². The van der Waals surface area contributed by atoms with E-state index in [9.17, 15) is 9.59 Å². The normalized spacial score (nSPS) is 25.0. The first-order valence-corrected chi connectivity index (χ1v) is 12.2. The van der Waals surface area contributed by atoms with E-state index in [1.165, 1.54) is 24.1 Å². The van der Waals surface area contributed by atoms with Crippen LogP contribution in [0.25, 0.3) is 5.57 Å². The average Bonchev–Trinajstić information content (AvgIpc) is 3.66. The van der Waals surface area contributed by atoms with Gasteiger partial charge in [0.1, 0.15) is 0 Å². The quantitative estimate of drug-likeness (QED) is 0.747. The summed E-state index contributed by atoms with van der Waals surface area (Å²) in [5.41, 5.74) is 5.32. The third kappa shape index (κ3) is 3.68. The molecule has 1 N–H and O–H groups in total. The number of fused-ring (bicyclic) bond motifs is 1. The number of benzene rings is 1. The minimum atomic E-state index is -0.00237. The zero-order valence-electron chi connectivity index (χ0n) is 18.7. The van der Waals surface area contributed by atoms with Crippen molar-refractivity contribution in [3.8, 4) is 0 Å². The molecule has 166 valence electrons. The summed E-state index contributed by atoms with van der Waals surface area (Å²) in [6.07, 6.45) is 15.8. The molecule has 3 fully saturated rings. The molecule has 2 amide bonds. The van der Waals surface area contributed by atoms with E-state index >= 15 is 0 Å². The molecule has 0 aromatic heterocycles. The molecule has 5 nitrogen and oxygen atoms in total. The molecular weight excluding hydrogens is 398 g/mol. The molecule has 1 aromatic rings. The van der Waals surface area contributed by atoms with Crippen LogP contribution in [0.2, 0.25) is 0 Å². The third-order valence-electron chi connectivity index (χ3n) is 7.19. The number of nitrogens with one attached hydrogen (secondary N) is 1. The highest BCUT2D eigenvalue weighted by atomic mass is 16.2. The number of anilines is 2. The van der Waals surface area contributed by atoms with Gasteiger partial charge in [0.15, 0.2) is 0 Å². The van der Waals surface area contributed by atoms with Crippen LogP contribution < -0.4 is 15.1 Å². The Balaban J connectivity index is 1.44. The van der Waals surface area contributed by atoms with Crippen molar-refractivity contribution in [2.75, 3.05) is 16.3 Å². The fraction of sp³-hybridized carbons (Fsp3) is 0.481. The number of amides is 2. The van der Waals surface area contributed by atoms with Gasteiger partial charge < -0.3 is 15.1 Å². The van der Waals surface area contributed by atoms with Gasteiger partial charge in [-0.05, 0) is 63.1 Å². The van der Waals surface area contributed by atoms with Gasteiger partial charge in [-0.25, -0.2) is 0 Å². The maximum Gasteiger partial charge on any atom is 0.230 e. The molecule has 1 atom stereocenters. The van der Waals surface area contributed by atoms with Gasteiger partial charge in [-0.1, -0.05) is 30.4 Å². The summed E-state index contributed by atoms with van der Waals surface area (Å²) in [4.78, 5) is 30.3. The Morgan fingerprint density at radius 1 is 0.938 bits per heavy atom. The van der Waals surface area contributed by atoms with Gasteiger partial charge in [-0.15, -0.1) is 0 Å². The zero-order chi connectivity index (χ0) is 21.8. The summed E-state index contributed by atoms with van der Waals surface area (Å²) in [5, 5.41) is 3.71. The van der Waals surface area contributed by atoms with Crippen LogP contribution >= 0.6 is 0 Å². The van der Waals surface area contributed by atoms with E-state index < -0.39 is 0 Å². The van der Waals surface area contributed by atoms with Gasteiger partial charge in [0.05, 0.1) is 17.4 Å². The lowest BCUT2D eigenvalue weighted by Crippen LogP contribution is -2.52. The van der Waals surface area contributed by atoms with Crippen molar-refractivity contribution in [3.05, 3.63) is 53.8 Å². The summed E-state index contributed by atoms with van der Waals surface area (Å²) >= 11 is 0. The Morgan fingerprint density at radius 3 is 2.41 bits per heavy atom. The lowest BCUT2D eigenvalue weighted by Gasteiger charge is -2.41. The van der Waals surface area contributed by atoms with E-state index in [0.717, 1.165) is 49.0 Å². The number of nitrogens with zero attached hydrogens (tertiary/aromatic N) is 2. The zero-order valence-corrected chi connectivity index (χ0v) is 18.7. The van der Waals surface area contributed by atoms with Gasteiger partial charge in [-0.3, -0.25) is 9.59 Å². The molecular formula is C27H31N3O2. The Bertz CT molecular complexity index is 1060. The van der Waals surface area contributed by atoms with Gasteiger partial charge in [-0.2, -0.15) is 0 Å². The first-order chi connectivity index (χ1) is 15.6. The molecule has 1 heterocycles. The monoisotopic (exact) mass is 429 g/mol. The minimum Gasteiger partial charge on any atom is -0.385 e. The Morgan fingerprint density at radius 2 is 1.69 bits per heavy atom. The summed E-state index contributed by atoms with van der Waals surface area (Å²) in [7, 11) is 0. The first-order valence-electron chi connectivity index (χ1n) is 12.2. The molecule has 1 aromatic carbocycles. The predicted molar refractivity (Wildman–Crippen MR) is 127 cm³/mol. The van der Waals surface area contributed by atoms with E-state index in [1.807, 2.05) is 9.80 Å². The van der Waals surface area contributed by atoms with Crippen LogP contribution in [0.3, 0.4) is 0 Å². The lowest BCUT2D eigenvalue weighted by atomic mass is 9.97. The van der Waals surface area contributed by atoms with Crippen molar-refractivity contribution >= 4 is 28.8 Å². The van der Waals surface area contributed by atoms with Gasteiger partial charge in [0.25, 0.3) is 0 Å². The van der Waals surface area contributed by atoms with Crippen molar-refractivity contribution < 1.29 is 9.59 Å². The average molecular weight is 430 g/mol. The molecule has 1 unspecified atom stereocenters. The Labute approximate surface area is 189 Å². The SMILES string of the molecule is CC1CN(C(=O)C2CC2)c2cc(C3=C(NC4CC4)CC=CC=C3)ccc2N1C(=O)C1CC1. The second-order valence-electron chi connectivity index (χ2n) is 10.1. The maximum atomic E-state index is 13.2. The molecule has 4 aliphatic carbocycles. The highest BCUT2D eigenvalue weighted by Gasteiger charge is 2.43. The van der Waals surface area contributed by atoms with Crippen molar-refractivity contribution in [3.63, 3.8) is 0 Å². The number of carbonyl (C=O) groups excluding carboxylic acids is 2. The molecule has 32 heavy (non-hydrogen) atoms. The molecule has 5 heteroatoms. The van der Waals surface area contributed by atoms with Crippen LogP contribution in [-0.4, -0.2) is 30.4 Å². The number of carbonyl (C=O) groups is 2. The van der Waals surface area contributed by atoms with Gasteiger partial charge in [0.2, 0.25) is 11.8 Å². The van der Waals surface area contributed by atoms with Crippen molar-refractivity contribution in [2.24, 2.45) is 11.8 Å². The molecule has 5 aliphatic rings. The summed E-state index contributed by atoms with van der Waals surface area (Å²) in [6.45, 7) is 2.65. The molecule has 1 aliphatic heterocycles. The van der Waals surface area contributed by atoms with Crippen LogP contribution in [0.5, 0.6) is 0 Å². The maximum absolute atomic E-state index is 13.2. The fourth-order valence-electron chi connectivity index (χ4n) is 4.92. The van der Waals surface area contributed by atoms with Crippen molar-refractivity contribution in [1.29, 1.82) is 0 Å². The highest BCUT2D eigenvalue weighted by molar-refractivity contribution is 6.07. The third-order valence-corrected chi connectivity index (χ3v) is 7.19. The Kier molecular flexibility index (Phi) is 4.74. The first kappa shape index (κ1) is 19.8. The topological polar surface area (TPSA) is 52.7 Å². The van der Waals surface area contributed by atoms with Gasteiger partial charge in [0, 0.05) is 42.1 Å². The van der Waals surface area contributed by atoms with Gasteiger partial charge >= 0.3 is 0 Å². The second kappa shape index (κ2) is 7.65. The standard InChI is InChI=1S/C27H31N3O2/c1-17-16-29(26(31)18-7-8-18)25-15-20(11-14-24(25)30(17)27(32)19-9-10-19)22-5-3-2-4-6-23(22)28-21-12-13-21/h2-5,11,14-15,17-19,21,28H,6-10,12-13,16H2,1H3. The number of hydrogen-bond donors (Lipinski definition) is 1. The predicted octanol–water partition coefficient (Wildman–Crippen LogP) is 4.55. The van der Waals surface area contributed by atoms with E-state index in [-0.39, 0.29) is 29.7 Å². The van der Waals surface area contributed by atoms with E-state index in [0.29, 0.717) is 12.6 Å². The molecule has 0 saturated heterocycles. The lowest BCUT2D eigenvalue weighted by molar-refractivity contribution is -0.122. The second-order valence-corrected chi connectivity index (χ2v) is 10.1. The molecule has 3 saturated carbocycles. The van der Waals surface area contributed by atoms with Crippen LogP contribution in [0.1, 0.15) is 57.4 Å². The summed E-state index contributed by atoms with van der Waals surface area (Å²) in [5.74, 6) is 0.747. The van der Waals surface area contributed by atoms with E-state index in [4.69, 9.17) is 0 Å². The van der Waals surface area contributed by atoms with Crippen molar-refractivity contribution in [1.82, 2.24) is 5.32 Å².